The summed E-state index contributed by atoms with van der Waals surface area (Å²) in [6.45, 7) is 2.73. The number of sulfonamides is 1. The lowest BCUT2D eigenvalue weighted by Crippen LogP contribution is -2.54. The molecule has 2 amide bonds. The monoisotopic (exact) mass is 685 g/mol. The normalized spacial score (nSPS) is 13.0. The number of rotatable bonds is 13. The van der Waals surface area contributed by atoms with Crippen LogP contribution in [0, 0.1) is 0 Å². The van der Waals surface area contributed by atoms with E-state index in [2.05, 4.69) is 5.32 Å². The van der Waals surface area contributed by atoms with Crippen LogP contribution < -0.4 is 9.62 Å². The van der Waals surface area contributed by atoms with Crippen LogP contribution in [0.1, 0.15) is 37.0 Å². The average molecular weight is 686 g/mol. The van der Waals surface area contributed by atoms with Gasteiger partial charge in [-0.1, -0.05) is 85.3 Å². The lowest BCUT2D eigenvalue weighted by atomic mass is 10.0. The second-order valence-corrected chi connectivity index (χ2v) is 13.3. The number of hydrogen-bond acceptors (Lipinski definition) is 4. The van der Waals surface area contributed by atoms with Crippen molar-refractivity contribution in [3.8, 4) is 0 Å². The number of benzene rings is 4. The van der Waals surface area contributed by atoms with E-state index in [9.17, 15) is 31.2 Å². The molecule has 0 saturated carbocycles. The molecule has 2 atom stereocenters. The van der Waals surface area contributed by atoms with Crippen LogP contribution in [0.4, 0.5) is 18.9 Å². The zero-order valence-corrected chi connectivity index (χ0v) is 27.4. The summed E-state index contributed by atoms with van der Waals surface area (Å²) in [6, 6.07) is 25.2. The largest absolute Gasteiger partial charge is 0.416 e. The van der Waals surface area contributed by atoms with Crippen LogP contribution in [0.5, 0.6) is 0 Å². The lowest BCUT2D eigenvalue weighted by Gasteiger charge is -2.34. The highest BCUT2D eigenvalue weighted by Crippen LogP contribution is 2.33. The molecule has 1 N–H and O–H groups in total. The maximum absolute atomic E-state index is 14.4. The van der Waals surface area contributed by atoms with E-state index in [0.29, 0.717) is 27.4 Å². The van der Waals surface area contributed by atoms with E-state index in [4.69, 9.17) is 11.6 Å². The van der Waals surface area contributed by atoms with Crippen molar-refractivity contribution >= 4 is 39.1 Å². The Morgan fingerprint density at radius 1 is 0.851 bits per heavy atom. The fraction of sp³-hybridized carbons (Fsp3) is 0.257. The first kappa shape index (κ1) is 35.5. The maximum atomic E-state index is 14.4. The fourth-order valence-corrected chi connectivity index (χ4v) is 6.42. The van der Waals surface area contributed by atoms with Crippen molar-refractivity contribution in [2.45, 2.75) is 56.4 Å². The molecule has 0 heterocycles. The Labute approximate surface area is 278 Å². The standard InChI is InChI=1S/C35H35ClF3N3O4S/c1-3-25(2)40-34(44)32(21-26-11-6-4-7-12-26)41(23-27-17-19-29(36)20-18-27)33(43)24-42(47(45,46)31-15-8-5-9-16-31)30-14-10-13-28(22-30)35(37,38)39/h4-20,22,25,32H,3,21,23-24H2,1-2H3,(H,40,44)/t25-,32-/m1/s1. The molecule has 0 saturated heterocycles. The first-order valence-corrected chi connectivity index (χ1v) is 16.7. The van der Waals surface area contributed by atoms with Crippen LogP contribution in [0.2, 0.25) is 5.02 Å². The highest BCUT2D eigenvalue weighted by atomic mass is 35.5. The van der Waals surface area contributed by atoms with E-state index in [0.717, 1.165) is 17.7 Å². The molecule has 4 rings (SSSR count). The number of hydrogen-bond donors (Lipinski definition) is 1. The number of nitrogens with one attached hydrogen (secondary N) is 1. The third kappa shape index (κ3) is 9.36. The summed E-state index contributed by atoms with van der Waals surface area (Å²) >= 11 is 6.10. The minimum absolute atomic E-state index is 0.0947. The highest BCUT2D eigenvalue weighted by Gasteiger charge is 2.36. The predicted octanol–water partition coefficient (Wildman–Crippen LogP) is 7.11. The minimum atomic E-state index is -4.77. The van der Waals surface area contributed by atoms with Crippen LogP contribution in [0.15, 0.2) is 114 Å². The quantitative estimate of drug-likeness (QED) is 0.163. The molecule has 12 heteroatoms. The van der Waals surface area contributed by atoms with E-state index in [1.54, 1.807) is 42.5 Å². The van der Waals surface area contributed by atoms with Crippen molar-refractivity contribution in [2.24, 2.45) is 0 Å². The maximum Gasteiger partial charge on any atom is 0.416 e. The van der Waals surface area contributed by atoms with Crippen LogP contribution in [-0.2, 0) is 38.8 Å². The summed E-state index contributed by atoms with van der Waals surface area (Å²) in [4.78, 5) is 29.3. The molecule has 7 nitrogen and oxygen atoms in total. The SMILES string of the molecule is CC[C@@H](C)NC(=O)[C@@H](Cc1ccccc1)N(Cc1ccc(Cl)cc1)C(=O)CN(c1cccc(C(F)(F)F)c1)S(=O)(=O)c1ccccc1. The van der Waals surface area contributed by atoms with E-state index in [1.165, 1.54) is 35.2 Å². The van der Waals surface area contributed by atoms with Crippen molar-refractivity contribution in [2.75, 3.05) is 10.8 Å². The number of anilines is 1. The summed E-state index contributed by atoms with van der Waals surface area (Å²) in [5.74, 6) is -1.25. The van der Waals surface area contributed by atoms with E-state index in [-0.39, 0.29) is 29.6 Å². The zero-order chi connectivity index (χ0) is 34.2. The molecule has 0 radical (unpaired) electrons. The second kappa shape index (κ2) is 15.5. The summed E-state index contributed by atoms with van der Waals surface area (Å²) in [5, 5.41) is 3.39. The number of carbonyl (C=O) groups excluding carboxylic acids is 2. The van der Waals surface area contributed by atoms with Crippen molar-refractivity contribution < 1.29 is 31.2 Å². The number of halogens is 4. The topological polar surface area (TPSA) is 86.8 Å². The molecule has 4 aromatic rings. The zero-order valence-electron chi connectivity index (χ0n) is 25.8. The summed E-state index contributed by atoms with van der Waals surface area (Å²) in [7, 11) is -4.55. The Hall–Kier alpha value is -4.35. The second-order valence-electron chi connectivity index (χ2n) is 11.0. The number of alkyl halides is 3. The van der Waals surface area contributed by atoms with Crippen molar-refractivity contribution in [3.63, 3.8) is 0 Å². The molecule has 0 bridgehead atoms. The number of nitrogens with zero attached hydrogens (tertiary/aromatic N) is 2. The molecule has 0 fully saturated rings. The lowest BCUT2D eigenvalue weighted by molar-refractivity contribution is -0.140. The summed E-state index contributed by atoms with van der Waals surface area (Å²) < 4.78 is 69.9. The molecule has 4 aromatic carbocycles. The molecule has 0 spiro atoms. The number of amides is 2. The molecule has 0 aromatic heterocycles. The molecule has 0 aliphatic rings. The van der Waals surface area contributed by atoms with Gasteiger partial charge in [0.05, 0.1) is 16.1 Å². The molecule has 47 heavy (non-hydrogen) atoms. The van der Waals surface area contributed by atoms with Gasteiger partial charge in [0.25, 0.3) is 10.0 Å². The van der Waals surface area contributed by atoms with Gasteiger partial charge in [0.2, 0.25) is 11.8 Å². The third-order valence-corrected chi connectivity index (χ3v) is 9.65. The van der Waals surface area contributed by atoms with Gasteiger partial charge in [0, 0.05) is 24.0 Å². The Bertz CT molecular complexity index is 1760. The summed E-state index contributed by atoms with van der Waals surface area (Å²) in [5.41, 5.74) is -0.0817. The molecular weight excluding hydrogens is 651 g/mol. The molecule has 0 aliphatic carbocycles. The Kier molecular flexibility index (Phi) is 11.7. The molecule has 0 aliphatic heterocycles. The van der Waals surface area contributed by atoms with Gasteiger partial charge in [-0.2, -0.15) is 13.2 Å². The predicted molar refractivity (Wildman–Crippen MR) is 176 cm³/mol. The minimum Gasteiger partial charge on any atom is -0.352 e. The van der Waals surface area contributed by atoms with Gasteiger partial charge >= 0.3 is 6.18 Å². The van der Waals surface area contributed by atoms with Gasteiger partial charge in [0.15, 0.2) is 0 Å². The molecule has 0 unspecified atom stereocenters. The van der Waals surface area contributed by atoms with Gasteiger partial charge < -0.3 is 10.2 Å². The van der Waals surface area contributed by atoms with Gasteiger partial charge in [-0.3, -0.25) is 13.9 Å². The Balaban J connectivity index is 1.84. The molecular formula is C35H35ClF3N3O4S. The van der Waals surface area contributed by atoms with Gasteiger partial charge in [-0.25, -0.2) is 8.42 Å². The Morgan fingerprint density at radius 3 is 2.06 bits per heavy atom. The van der Waals surface area contributed by atoms with Gasteiger partial charge in [0.1, 0.15) is 12.6 Å². The smallest absolute Gasteiger partial charge is 0.352 e. The Morgan fingerprint density at radius 2 is 1.47 bits per heavy atom. The van der Waals surface area contributed by atoms with Crippen LogP contribution in [-0.4, -0.2) is 43.8 Å². The third-order valence-electron chi connectivity index (χ3n) is 7.61. The van der Waals surface area contributed by atoms with Crippen molar-refractivity contribution in [3.05, 3.63) is 131 Å². The first-order chi connectivity index (χ1) is 22.3. The van der Waals surface area contributed by atoms with Gasteiger partial charge in [-0.15, -0.1) is 0 Å². The van der Waals surface area contributed by atoms with E-state index >= 15 is 0 Å². The average Bonchev–Trinajstić information content (AvgIpc) is 3.06. The van der Waals surface area contributed by atoms with Crippen LogP contribution in [0.25, 0.3) is 0 Å². The van der Waals surface area contributed by atoms with E-state index in [1.807, 2.05) is 32.0 Å². The van der Waals surface area contributed by atoms with Crippen molar-refractivity contribution in [1.82, 2.24) is 10.2 Å². The van der Waals surface area contributed by atoms with Crippen LogP contribution >= 0.6 is 11.6 Å². The fourth-order valence-electron chi connectivity index (χ4n) is 4.87. The van der Waals surface area contributed by atoms with Gasteiger partial charge in [-0.05, 0) is 66.9 Å². The molecule has 248 valence electrons. The van der Waals surface area contributed by atoms with Crippen LogP contribution in [0.3, 0.4) is 0 Å². The summed E-state index contributed by atoms with van der Waals surface area (Å²) in [6.07, 6.45) is -4.05. The highest BCUT2D eigenvalue weighted by molar-refractivity contribution is 7.92. The number of carbonyl (C=O) groups is 2. The first-order valence-electron chi connectivity index (χ1n) is 14.9. The van der Waals surface area contributed by atoms with Crippen molar-refractivity contribution in [1.29, 1.82) is 0 Å². The van der Waals surface area contributed by atoms with E-state index < -0.39 is 46.2 Å².